The van der Waals surface area contributed by atoms with Gasteiger partial charge in [0.1, 0.15) is 5.69 Å². The van der Waals surface area contributed by atoms with Gasteiger partial charge in [-0.05, 0) is 6.07 Å². The molecule has 3 aromatic rings. The highest BCUT2D eigenvalue weighted by Gasteiger charge is 2.14. The van der Waals surface area contributed by atoms with E-state index in [9.17, 15) is 4.79 Å². The first kappa shape index (κ1) is 10.3. The van der Waals surface area contributed by atoms with E-state index >= 15 is 0 Å². The van der Waals surface area contributed by atoms with Crippen LogP contribution < -0.4 is 0 Å². The molecule has 0 aliphatic carbocycles. The third-order valence-corrected chi connectivity index (χ3v) is 2.43. The maximum atomic E-state index is 11.1. The average molecular weight is 241 g/mol. The molecule has 0 atom stereocenters. The van der Waals surface area contributed by atoms with Crippen molar-refractivity contribution >= 4 is 17.1 Å². The summed E-state index contributed by atoms with van der Waals surface area (Å²) in [6.45, 7) is 0. The van der Waals surface area contributed by atoms with Gasteiger partial charge in [0.25, 0.3) is 0 Å². The van der Waals surface area contributed by atoms with Crippen molar-refractivity contribution in [3.8, 4) is 11.5 Å². The van der Waals surface area contributed by atoms with E-state index < -0.39 is 5.97 Å². The summed E-state index contributed by atoms with van der Waals surface area (Å²) < 4.78 is 0. The van der Waals surface area contributed by atoms with E-state index in [1.165, 1.54) is 24.7 Å². The molecular weight excluding hydrogens is 234 g/mol. The Bertz CT molecular complexity index is 723. The van der Waals surface area contributed by atoms with E-state index in [4.69, 9.17) is 5.11 Å². The summed E-state index contributed by atoms with van der Waals surface area (Å²) in [5.74, 6) is -0.587. The van der Waals surface area contributed by atoms with Crippen LogP contribution >= 0.6 is 0 Å². The molecule has 0 amide bonds. The molecule has 0 aliphatic heterocycles. The number of hydrogen-bond acceptors (Lipinski definition) is 5. The fourth-order valence-corrected chi connectivity index (χ4v) is 1.63. The number of aromatic carboxylic acids is 1. The Labute approximate surface area is 101 Å². The van der Waals surface area contributed by atoms with E-state index in [0.717, 1.165) is 0 Å². The van der Waals surface area contributed by atoms with Gasteiger partial charge in [-0.2, -0.15) is 0 Å². The largest absolute Gasteiger partial charge is 0.478 e. The van der Waals surface area contributed by atoms with Crippen LogP contribution in [-0.2, 0) is 0 Å². The molecule has 3 heterocycles. The molecule has 7 nitrogen and oxygen atoms in total. The Balaban J connectivity index is 2.23. The van der Waals surface area contributed by atoms with Crippen LogP contribution in [0.15, 0.2) is 30.9 Å². The maximum Gasteiger partial charge on any atom is 0.338 e. The number of H-pyrrole nitrogens is 1. The molecule has 3 rings (SSSR count). The summed E-state index contributed by atoms with van der Waals surface area (Å²) in [7, 11) is 0. The van der Waals surface area contributed by atoms with Gasteiger partial charge < -0.3 is 10.1 Å². The molecule has 18 heavy (non-hydrogen) atoms. The van der Waals surface area contributed by atoms with Crippen LogP contribution in [-0.4, -0.2) is 36.0 Å². The number of hydrogen-bond donors (Lipinski definition) is 2. The average Bonchev–Trinajstić information content (AvgIpc) is 2.83. The molecule has 0 saturated heterocycles. The van der Waals surface area contributed by atoms with Crippen molar-refractivity contribution in [2.24, 2.45) is 0 Å². The van der Waals surface area contributed by atoms with Crippen molar-refractivity contribution in [2.75, 3.05) is 0 Å². The lowest BCUT2D eigenvalue weighted by atomic mass is 10.2. The summed E-state index contributed by atoms with van der Waals surface area (Å²) in [6, 6.07) is 1.42. The highest BCUT2D eigenvalue weighted by Crippen LogP contribution is 2.19. The number of carbonyl (C=O) groups is 1. The molecule has 0 bridgehead atoms. The van der Waals surface area contributed by atoms with Gasteiger partial charge in [0, 0.05) is 18.6 Å². The SMILES string of the molecule is O=C(O)c1ccnc2nc(-c3cnccn3)[nH]c12. The molecule has 0 unspecified atom stereocenters. The second-order valence-corrected chi connectivity index (χ2v) is 3.54. The van der Waals surface area contributed by atoms with E-state index in [0.29, 0.717) is 22.7 Å². The summed E-state index contributed by atoms with van der Waals surface area (Å²) >= 11 is 0. The smallest absolute Gasteiger partial charge is 0.338 e. The summed E-state index contributed by atoms with van der Waals surface area (Å²) in [6.07, 6.45) is 6.03. The van der Waals surface area contributed by atoms with Gasteiger partial charge in [0.05, 0.1) is 17.3 Å². The molecule has 0 radical (unpaired) electrons. The van der Waals surface area contributed by atoms with E-state index in [1.807, 2.05) is 0 Å². The van der Waals surface area contributed by atoms with Crippen LogP contribution in [0, 0.1) is 0 Å². The quantitative estimate of drug-likeness (QED) is 0.696. The first-order valence-electron chi connectivity index (χ1n) is 5.10. The number of imidazole rings is 1. The van der Waals surface area contributed by atoms with Crippen LogP contribution in [0.25, 0.3) is 22.7 Å². The van der Waals surface area contributed by atoms with Crippen LogP contribution in [0.4, 0.5) is 0 Å². The minimum Gasteiger partial charge on any atom is -0.478 e. The number of fused-ring (bicyclic) bond motifs is 1. The van der Waals surface area contributed by atoms with Gasteiger partial charge in [-0.1, -0.05) is 0 Å². The fraction of sp³-hybridized carbons (Fsp3) is 0. The lowest BCUT2D eigenvalue weighted by Crippen LogP contribution is -1.97. The maximum absolute atomic E-state index is 11.1. The minimum absolute atomic E-state index is 0.127. The van der Waals surface area contributed by atoms with Crippen molar-refractivity contribution in [1.82, 2.24) is 24.9 Å². The second kappa shape index (κ2) is 3.88. The number of aromatic nitrogens is 5. The third-order valence-electron chi connectivity index (χ3n) is 2.43. The van der Waals surface area contributed by atoms with Gasteiger partial charge in [-0.25, -0.2) is 19.7 Å². The van der Waals surface area contributed by atoms with Crippen molar-refractivity contribution < 1.29 is 9.90 Å². The lowest BCUT2D eigenvalue weighted by molar-refractivity contribution is 0.0699. The van der Waals surface area contributed by atoms with Crippen LogP contribution in [0.3, 0.4) is 0 Å². The normalized spacial score (nSPS) is 10.7. The van der Waals surface area contributed by atoms with E-state index in [1.54, 1.807) is 6.20 Å². The highest BCUT2D eigenvalue weighted by atomic mass is 16.4. The molecule has 2 N–H and O–H groups in total. The summed E-state index contributed by atoms with van der Waals surface area (Å²) in [4.78, 5) is 30.2. The number of pyridine rings is 1. The number of nitrogens with zero attached hydrogens (tertiary/aromatic N) is 4. The molecule has 7 heteroatoms. The molecule has 3 aromatic heterocycles. The van der Waals surface area contributed by atoms with Crippen LogP contribution in [0.5, 0.6) is 0 Å². The Hall–Kier alpha value is -2.83. The molecule has 0 aliphatic rings. The second-order valence-electron chi connectivity index (χ2n) is 3.54. The molecular formula is C11H7N5O2. The Morgan fingerprint density at radius 1 is 1.22 bits per heavy atom. The van der Waals surface area contributed by atoms with E-state index in [2.05, 4.69) is 24.9 Å². The lowest BCUT2D eigenvalue weighted by Gasteiger charge is -1.94. The monoisotopic (exact) mass is 241 g/mol. The molecule has 0 spiro atoms. The third kappa shape index (κ3) is 1.58. The first-order chi connectivity index (χ1) is 8.75. The predicted octanol–water partition coefficient (Wildman–Crippen LogP) is 1.11. The minimum atomic E-state index is -1.03. The number of rotatable bonds is 2. The van der Waals surface area contributed by atoms with Crippen molar-refractivity contribution in [3.63, 3.8) is 0 Å². The Morgan fingerprint density at radius 2 is 2.11 bits per heavy atom. The summed E-state index contributed by atoms with van der Waals surface area (Å²) in [5.41, 5.74) is 1.38. The van der Waals surface area contributed by atoms with Gasteiger partial charge in [0.15, 0.2) is 11.5 Å². The van der Waals surface area contributed by atoms with Crippen LogP contribution in [0.2, 0.25) is 0 Å². The number of carboxylic acid groups (broad SMARTS) is 1. The standard InChI is InChI=1S/C11H7N5O2/c17-11(18)6-1-2-14-10-8(6)15-9(16-10)7-5-12-3-4-13-7/h1-5H,(H,17,18)(H,14,15,16). The fourth-order valence-electron chi connectivity index (χ4n) is 1.63. The van der Waals surface area contributed by atoms with Gasteiger partial charge in [-0.3, -0.25) is 4.98 Å². The number of carboxylic acids is 1. The van der Waals surface area contributed by atoms with Gasteiger partial charge in [-0.15, -0.1) is 0 Å². The van der Waals surface area contributed by atoms with Gasteiger partial charge in [0.2, 0.25) is 0 Å². The predicted molar refractivity (Wildman–Crippen MR) is 61.9 cm³/mol. The molecule has 0 aromatic carbocycles. The molecule has 0 saturated carbocycles. The Kier molecular flexibility index (Phi) is 2.23. The zero-order chi connectivity index (χ0) is 12.5. The van der Waals surface area contributed by atoms with Gasteiger partial charge >= 0.3 is 5.97 Å². The van der Waals surface area contributed by atoms with E-state index in [-0.39, 0.29) is 5.56 Å². The molecule has 88 valence electrons. The first-order valence-corrected chi connectivity index (χ1v) is 5.10. The zero-order valence-corrected chi connectivity index (χ0v) is 9.03. The number of aromatic amines is 1. The summed E-state index contributed by atoms with van der Waals surface area (Å²) in [5, 5.41) is 9.06. The topological polar surface area (TPSA) is 105 Å². The van der Waals surface area contributed by atoms with Crippen molar-refractivity contribution in [1.29, 1.82) is 0 Å². The Morgan fingerprint density at radius 3 is 2.83 bits per heavy atom. The highest BCUT2D eigenvalue weighted by molar-refractivity contribution is 6.00. The zero-order valence-electron chi connectivity index (χ0n) is 9.03. The van der Waals surface area contributed by atoms with Crippen LogP contribution in [0.1, 0.15) is 10.4 Å². The van der Waals surface area contributed by atoms with Crippen molar-refractivity contribution in [3.05, 3.63) is 36.4 Å². The molecule has 0 fully saturated rings. The van der Waals surface area contributed by atoms with Crippen molar-refractivity contribution in [2.45, 2.75) is 0 Å². The number of nitrogens with one attached hydrogen (secondary N) is 1.